The molecule has 5 N–H and O–H groups in total. The number of nitrogens with zero attached hydrogens (tertiary/aromatic N) is 12. The van der Waals surface area contributed by atoms with Crippen LogP contribution in [-0.4, -0.2) is 86.5 Å². The first-order chi connectivity index (χ1) is 45.7. The lowest BCUT2D eigenvalue weighted by atomic mass is 10.0. The van der Waals surface area contributed by atoms with E-state index in [1.807, 2.05) is 61.5 Å². The summed E-state index contributed by atoms with van der Waals surface area (Å²) in [5.74, 6) is 0.677. The van der Waals surface area contributed by atoms with Crippen molar-refractivity contribution in [3.63, 3.8) is 0 Å². The van der Waals surface area contributed by atoms with Gasteiger partial charge in [-0.1, -0.05) is 399 Å². The van der Waals surface area contributed by atoms with Gasteiger partial charge in [-0.2, -0.15) is 0 Å². The Morgan fingerprint density at radius 2 is 0.560 bits per heavy atom. The van der Waals surface area contributed by atoms with Gasteiger partial charge in [-0.15, -0.1) is 0 Å². The van der Waals surface area contributed by atoms with Gasteiger partial charge < -0.3 is 20.8 Å². The lowest BCUT2D eigenvalue weighted by Crippen LogP contribution is -2.16. The lowest BCUT2D eigenvalue weighted by Gasteiger charge is -2.14. The van der Waals surface area contributed by atoms with Crippen LogP contribution in [-0.2, 0) is 55.0 Å². The molecule has 4 aromatic carbocycles. The molecule has 4 heterocycles. The second-order valence-electron chi connectivity index (χ2n) is 18.5. The van der Waals surface area contributed by atoms with E-state index in [0.29, 0.717) is 21.7 Å². The summed E-state index contributed by atoms with van der Waals surface area (Å²) in [6, 6.07) is 27.6. The number of alkyl halides is 24. The molecule has 8 rings (SSSR count). The average Bonchev–Trinajstić information content (AvgIpc) is 0.852. The number of aliphatic hydroxyl groups excluding tert-OH is 3. The first kappa shape index (κ1) is 92.6. The molecule has 0 aliphatic heterocycles. The van der Waals surface area contributed by atoms with Gasteiger partial charge in [0.15, 0.2) is 69.9 Å². The van der Waals surface area contributed by atoms with E-state index in [-0.39, 0.29) is 95.2 Å². The van der Waals surface area contributed by atoms with Crippen LogP contribution in [0.1, 0.15) is 114 Å². The second kappa shape index (κ2) is 41.1. The van der Waals surface area contributed by atoms with E-state index in [4.69, 9.17) is 300 Å². The zero-order valence-electron chi connectivity index (χ0n) is 49.2. The molecule has 4 aromatic heterocycles. The summed E-state index contributed by atoms with van der Waals surface area (Å²) in [4.78, 5) is 56.5. The number of aliphatic hydroxyl groups is 3. The van der Waals surface area contributed by atoms with Gasteiger partial charge >= 0.3 is 0 Å². The molecule has 0 saturated heterocycles. The summed E-state index contributed by atoms with van der Waals surface area (Å²) in [5.41, 5.74) is 6.31. The number of benzene rings is 4. The Labute approximate surface area is 696 Å². The molecule has 0 radical (unpaired) electrons. The Morgan fingerprint density at radius 3 is 0.810 bits per heavy atom. The molecule has 17 nitrogen and oxygen atoms in total. The number of hydrogen-bond acceptors (Lipinski definition) is 16. The Bertz CT molecular complexity index is 4040. The number of aromatic nitrogens is 12. The number of rotatable bonds is 11. The summed E-state index contributed by atoms with van der Waals surface area (Å²) in [5, 5.41) is 28.1. The normalized spacial score (nSPS) is 12.4. The summed E-state index contributed by atoms with van der Waals surface area (Å²) in [6.45, 7) is 4.14. The third kappa shape index (κ3) is 32.5. The standard InChI is InChI=1S/C15H11Cl6N3O2.C14H8Cl7N3O.C14H9Cl6N3.C13H7Cl6N3.C2H2O.H2O/c16-14(17,18)12-22-11(23-13(24-12)15(19,20)21)4-2-8-1-3-9(6-25)10(5-8)7-26;15-9-5-7(1-3-8(9)6-25)2-4-10-22-11(13(16,17)18)24-12(23-10)14(19,20)21;1-8-2-4-9(5-3-8)6-7-10-21-11(13(15,16)17)23-12(22-10)14(18,19)20;14-12(15,16)10-20-9(21-11(22-10)13(17,18)19)7-6-8-4-2-1-3-5-8;1-2-3;/h1-5,25-26H,6-7H2;1-5,25H,6H2;2-7H,1H3;1-7H;1H2;1H2. The van der Waals surface area contributed by atoms with Crippen molar-refractivity contribution in [3.05, 3.63) is 217 Å². The SMILES string of the molecule is C=C=O.Cc1ccc(C=Cc2nc(C(Cl)(Cl)Cl)nc(C(Cl)(Cl)Cl)n2)cc1.ClC(Cl)(Cl)c1nc(C=Cc2ccccc2)nc(C(Cl)(Cl)Cl)n1.O.OCc1ccc(C=Cc2nc(C(Cl)(Cl)Cl)nc(C(Cl)(Cl)Cl)n2)cc1CO.OCc1ccc(C=Cc2nc(C(Cl)(Cl)Cl)nc(C(Cl)(Cl)Cl)n2)cc1Cl. The Kier molecular flexibility index (Phi) is 38.1. The van der Waals surface area contributed by atoms with E-state index in [9.17, 15) is 10.2 Å². The van der Waals surface area contributed by atoms with E-state index >= 15 is 0 Å². The highest BCUT2D eigenvalue weighted by Crippen LogP contribution is 2.44. The van der Waals surface area contributed by atoms with Gasteiger partial charge in [0.05, 0.1) is 19.8 Å². The van der Waals surface area contributed by atoms with Crippen molar-refractivity contribution in [1.82, 2.24) is 59.8 Å². The van der Waals surface area contributed by atoms with Gasteiger partial charge in [0.25, 0.3) is 0 Å². The summed E-state index contributed by atoms with van der Waals surface area (Å²) < 4.78 is -15.1. The van der Waals surface area contributed by atoms with Crippen LogP contribution in [0.5, 0.6) is 0 Å². The molecule has 0 atom stereocenters. The largest absolute Gasteiger partial charge is 0.412 e. The Morgan fingerprint density at radius 1 is 0.330 bits per heavy atom. The van der Waals surface area contributed by atoms with Crippen molar-refractivity contribution in [1.29, 1.82) is 0 Å². The number of aryl methyl sites for hydroxylation is 1. The predicted molar refractivity (Wildman–Crippen MR) is 417 cm³/mol. The van der Waals surface area contributed by atoms with Crippen molar-refractivity contribution < 1.29 is 25.6 Å². The van der Waals surface area contributed by atoms with Crippen LogP contribution in [0.15, 0.2) is 97.6 Å². The van der Waals surface area contributed by atoms with Crippen molar-refractivity contribution >= 4 is 345 Å². The first-order valence-corrected chi connectivity index (χ1v) is 35.5. The van der Waals surface area contributed by atoms with Crippen molar-refractivity contribution in [2.45, 2.75) is 57.1 Å². The average molecular weight is 1870 g/mol. The quantitative estimate of drug-likeness (QED) is 0.0803. The lowest BCUT2D eigenvalue weighted by molar-refractivity contribution is 0.260. The molecule has 0 bridgehead atoms. The van der Waals surface area contributed by atoms with E-state index in [0.717, 1.165) is 27.8 Å². The van der Waals surface area contributed by atoms with Crippen LogP contribution in [0.3, 0.4) is 0 Å². The highest BCUT2D eigenvalue weighted by atomic mass is 35.6. The molecule has 100 heavy (non-hydrogen) atoms. The Balaban J connectivity index is 0.000000341. The number of carbonyl (C=O) groups excluding carboxylic acids is 1. The van der Waals surface area contributed by atoms with Gasteiger partial charge in [-0.25, -0.2) is 64.6 Å². The molecular formula is C58H39Cl25N12O5. The van der Waals surface area contributed by atoms with Gasteiger partial charge in [0.1, 0.15) is 5.94 Å². The minimum atomic E-state index is -1.93. The van der Waals surface area contributed by atoms with Gasteiger partial charge in [-0.05, 0) is 88.9 Å². The maximum absolute atomic E-state index is 9.35. The third-order valence-electron chi connectivity index (χ3n) is 11.0. The van der Waals surface area contributed by atoms with Crippen LogP contribution in [0.25, 0.3) is 48.6 Å². The van der Waals surface area contributed by atoms with E-state index in [2.05, 4.69) is 66.4 Å². The van der Waals surface area contributed by atoms with E-state index in [1.165, 1.54) is 18.1 Å². The smallest absolute Gasteiger partial charge is 0.250 e. The fraction of sp³-hybridized carbons (Fsp3) is 0.207. The third-order valence-corrected chi connectivity index (χ3v) is 15.4. The fourth-order valence-corrected chi connectivity index (χ4v) is 8.93. The molecule has 0 aliphatic rings. The summed E-state index contributed by atoms with van der Waals surface area (Å²) in [6.07, 6.45) is 13.1. The minimum absolute atomic E-state index is 0. The van der Waals surface area contributed by atoms with Crippen molar-refractivity contribution in [2.24, 2.45) is 0 Å². The minimum Gasteiger partial charge on any atom is -0.412 e. The van der Waals surface area contributed by atoms with Gasteiger partial charge in [0.2, 0.25) is 30.3 Å². The molecule has 8 aromatic rings. The summed E-state index contributed by atoms with van der Waals surface area (Å²) >= 11 is 145. The maximum atomic E-state index is 9.35. The fourth-order valence-electron chi connectivity index (χ4n) is 6.65. The van der Waals surface area contributed by atoms with Crippen LogP contribution in [0.4, 0.5) is 0 Å². The van der Waals surface area contributed by atoms with E-state index < -0.39 is 30.3 Å². The molecule has 0 aliphatic carbocycles. The predicted octanol–water partition coefficient (Wildman–Crippen LogP) is 21.4. The monoisotopic (exact) mass is 1860 g/mol. The molecular weight excluding hydrogens is 1830 g/mol. The Hall–Kier alpha value is -1.58. The molecule has 0 amide bonds. The molecule has 0 fully saturated rings. The summed E-state index contributed by atoms with van der Waals surface area (Å²) in [7, 11) is 0. The van der Waals surface area contributed by atoms with Crippen LogP contribution in [0, 0.1) is 6.92 Å². The molecule has 0 saturated carbocycles. The first-order valence-electron chi connectivity index (χ1n) is 26.0. The zero-order valence-corrected chi connectivity index (χ0v) is 68.1. The molecule has 536 valence electrons. The molecule has 0 spiro atoms. The molecule has 42 heteroatoms. The number of halogens is 25. The van der Waals surface area contributed by atoms with Crippen molar-refractivity contribution in [3.8, 4) is 0 Å². The molecule has 0 unspecified atom stereocenters. The van der Waals surface area contributed by atoms with Crippen LogP contribution < -0.4 is 0 Å². The van der Waals surface area contributed by atoms with Crippen LogP contribution in [0.2, 0.25) is 5.02 Å². The number of hydrogen-bond donors (Lipinski definition) is 3. The van der Waals surface area contributed by atoms with E-state index in [1.54, 1.807) is 72.9 Å². The topological polar surface area (TPSA) is 264 Å². The van der Waals surface area contributed by atoms with Crippen LogP contribution >= 0.6 is 290 Å². The van der Waals surface area contributed by atoms with Crippen molar-refractivity contribution in [2.75, 3.05) is 0 Å². The highest BCUT2D eigenvalue weighted by molar-refractivity contribution is 6.70. The highest BCUT2D eigenvalue weighted by Gasteiger charge is 2.37. The second-order valence-corrected chi connectivity index (χ2v) is 37.2. The van der Waals surface area contributed by atoms with Gasteiger partial charge in [0, 0.05) is 5.02 Å². The maximum Gasteiger partial charge on any atom is 0.250 e. The van der Waals surface area contributed by atoms with Gasteiger partial charge in [-0.3, -0.25) is 0 Å². The zero-order chi connectivity index (χ0) is 74.7.